The molecule has 0 aromatic carbocycles. The van der Waals surface area contributed by atoms with Gasteiger partial charge in [-0.1, -0.05) is 0 Å². The molecule has 104 valence electrons. The maximum absolute atomic E-state index is 8.56. The average Bonchev–Trinajstić information content (AvgIpc) is 1.76. The molecule has 0 aliphatic rings. The number of hydrogen-bond donors (Lipinski definition) is 4. The molecule has 4 N–H and O–H groups in total. The van der Waals surface area contributed by atoms with E-state index in [4.69, 9.17) is 53.3 Å². The minimum atomic E-state index is -2.86. The fourth-order valence-corrected chi connectivity index (χ4v) is 0. The minimum Gasteiger partial charge on any atom is -0.750 e. The summed E-state index contributed by atoms with van der Waals surface area (Å²) in [7, 11) is 0. The second-order valence-electron chi connectivity index (χ2n) is 0.868. The van der Waals surface area contributed by atoms with Crippen molar-refractivity contribution in [3.05, 3.63) is 0 Å². The molecule has 0 fully saturated rings. The topological polar surface area (TPSA) is 241 Å². The molecule has 4 unspecified atom stereocenters. The third-order valence-corrected chi connectivity index (χ3v) is 0. The average molecular weight is 349 g/mol. The molecule has 0 aliphatic carbocycles. The molecule has 0 rings (SSSR count). The van der Waals surface area contributed by atoms with E-state index in [1.165, 1.54) is 0 Å². The van der Waals surface area contributed by atoms with Gasteiger partial charge >= 0.3 is 23.1 Å². The van der Waals surface area contributed by atoms with E-state index >= 15 is 0 Å². The largest absolute Gasteiger partial charge is 2.00 e. The Morgan fingerprint density at radius 1 is 0.529 bits per heavy atom. The minimum absolute atomic E-state index is 0. The summed E-state index contributed by atoms with van der Waals surface area (Å²) in [6.07, 6.45) is 0. The summed E-state index contributed by atoms with van der Waals surface area (Å²) in [6.45, 7) is 0. The molecule has 0 spiro atoms. The predicted molar refractivity (Wildman–Crippen MR) is 51.9 cm³/mol. The molecule has 0 heterocycles. The van der Waals surface area contributed by atoms with Crippen LogP contribution in [0.2, 0.25) is 0 Å². The normalized spacial score (nSPS) is 14.6. The molecule has 0 radical (unpaired) electrons. The van der Waals surface area contributed by atoms with E-state index in [1.807, 2.05) is 0 Å². The van der Waals surface area contributed by atoms with Gasteiger partial charge in [0.15, 0.2) is 0 Å². The van der Waals surface area contributed by atoms with Crippen molar-refractivity contribution in [2.45, 2.75) is 0 Å². The van der Waals surface area contributed by atoms with Crippen molar-refractivity contribution in [1.29, 1.82) is 0 Å². The zero-order valence-electron chi connectivity index (χ0n) is 7.39. The van der Waals surface area contributed by atoms with Gasteiger partial charge in [-0.2, -0.15) is 0 Å². The van der Waals surface area contributed by atoms with E-state index in [0.29, 0.717) is 0 Å². The Balaban J connectivity index is -0.0000000369. The Morgan fingerprint density at radius 3 is 0.529 bits per heavy atom. The molecular weight excluding hydrogens is 345 g/mol. The molecule has 0 aromatic rings. The fourth-order valence-electron chi connectivity index (χ4n) is 0. The van der Waals surface area contributed by atoms with Crippen LogP contribution in [0.1, 0.15) is 0 Å². The predicted octanol–water partition coefficient (Wildman–Crippen LogP) is -3.03. The zero-order valence-corrected chi connectivity index (χ0v) is 12.1. The van der Waals surface area contributed by atoms with Gasteiger partial charge in [-0.3, -0.25) is 0 Å². The summed E-state index contributed by atoms with van der Waals surface area (Å²) in [5, 5.41) is 0. The molecule has 0 aliphatic heterocycles. The molecule has 0 saturated carbocycles. The van der Waals surface area contributed by atoms with Crippen LogP contribution in [0, 0.1) is 0 Å². The number of rotatable bonds is 0. The van der Waals surface area contributed by atoms with Crippen LogP contribution in [0.25, 0.3) is 0 Å². The van der Waals surface area contributed by atoms with Gasteiger partial charge in [0, 0.05) is 0 Å². The van der Waals surface area contributed by atoms with Gasteiger partial charge in [0.05, 0.1) is 45.4 Å². The van der Waals surface area contributed by atoms with Gasteiger partial charge in [0.25, 0.3) is 0 Å². The van der Waals surface area contributed by atoms with E-state index in [1.54, 1.807) is 0 Å². The first kappa shape index (κ1) is 30.8. The maximum Gasteiger partial charge on any atom is 2.00 e. The maximum atomic E-state index is 8.56. The number of hydrogen-bond acceptors (Lipinski definition) is 8. The van der Waals surface area contributed by atoms with Crippen molar-refractivity contribution in [1.82, 2.24) is 0 Å². The third-order valence-electron chi connectivity index (χ3n) is 0. The Kier molecular flexibility index (Phi) is 46.7. The van der Waals surface area contributed by atoms with E-state index in [-0.39, 0.29) is 23.1 Å². The first-order valence-corrected chi connectivity index (χ1v) is 6.19. The van der Waals surface area contributed by atoms with Crippen LogP contribution in [0.3, 0.4) is 0 Å². The summed E-state index contributed by atoms with van der Waals surface area (Å²) in [6, 6.07) is 0. The van der Waals surface area contributed by atoms with Crippen molar-refractivity contribution in [2.24, 2.45) is 0 Å². The van der Waals surface area contributed by atoms with Crippen molar-refractivity contribution < 1.29 is 53.3 Å². The third kappa shape index (κ3) is 3530. The van der Waals surface area contributed by atoms with E-state index < -0.39 is 45.4 Å². The van der Waals surface area contributed by atoms with Crippen molar-refractivity contribution in [3.8, 4) is 0 Å². The van der Waals surface area contributed by atoms with Gasteiger partial charge in [-0.25, -0.2) is 16.8 Å². The van der Waals surface area contributed by atoms with Crippen molar-refractivity contribution >= 4 is 68.5 Å². The molecule has 0 bridgehead atoms. The molecular formula is H4MgO12S4-2. The molecule has 0 aromatic heterocycles. The Morgan fingerprint density at radius 2 is 0.529 bits per heavy atom. The van der Waals surface area contributed by atoms with Gasteiger partial charge in [0.2, 0.25) is 0 Å². The van der Waals surface area contributed by atoms with Crippen LogP contribution in [0.15, 0.2) is 0 Å². The van der Waals surface area contributed by atoms with E-state index in [9.17, 15) is 0 Å². The summed E-state index contributed by atoms with van der Waals surface area (Å²) in [4.78, 5) is 0. The van der Waals surface area contributed by atoms with Gasteiger partial charge < -0.3 is 36.4 Å². The summed E-state index contributed by atoms with van der Waals surface area (Å²) >= 11 is -11.4. The van der Waals surface area contributed by atoms with Crippen molar-refractivity contribution in [3.63, 3.8) is 0 Å². The van der Waals surface area contributed by atoms with Crippen LogP contribution in [0.4, 0.5) is 0 Å². The van der Waals surface area contributed by atoms with Crippen LogP contribution in [-0.2, 0) is 45.4 Å². The molecule has 0 saturated heterocycles. The van der Waals surface area contributed by atoms with Gasteiger partial charge in [-0.05, 0) is 0 Å². The smallest absolute Gasteiger partial charge is 0.750 e. The van der Waals surface area contributed by atoms with E-state index in [0.717, 1.165) is 0 Å². The van der Waals surface area contributed by atoms with Gasteiger partial charge in [0.1, 0.15) is 0 Å². The Bertz CT molecular complexity index is 159. The standard InChI is InChI=1S/Mg.4H2O3S/c;4*1-4(2)3/h;4*(H2,1,2,3)/q+2;;;;/p-4. The first-order valence-electron chi connectivity index (χ1n) is 2.06. The zero-order chi connectivity index (χ0) is 14.3. The summed E-state index contributed by atoms with van der Waals surface area (Å²) < 4.78 is 96.3. The first-order chi connectivity index (χ1) is 6.93. The summed E-state index contributed by atoms with van der Waals surface area (Å²) in [5.41, 5.74) is 0. The second-order valence-corrected chi connectivity index (χ2v) is 2.61. The Labute approximate surface area is 121 Å². The molecule has 17 heavy (non-hydrogen) atoms. The van der Waals surface area contributed by atoms with Gasteiger partial charge in [-0.15, -0.1) is 0 Å². The quantitative estimate of drug-likeness (QED) is 0.252. The fraction of sp³-hybridized carbons (Fsp3) is 0. The molecule has 12 nitrogen and oxygen atoms in total. The van der Waals surface area contributed by atoms with Crippen LogP contribution < -0.4 is 0 Å². The summed E-state index contributed by atoms with van der Waals surface area (Å²) in [5.74, 6) is 0. The second kappa shape index (κ2) is 25.8. The molecule has 17 heteroatoms. The van der Waals surface area contributed by atoms with E-state index in [2.05, 4.69) is 0 Å². The van der Waals surface area contributed by atoms with Crippen molar-refractivity contribution in [2.75, 3.05) is 0 Å². The van der Waals surface area contributed by atoms with Crippen LogP contribution in [0.5, 0.6) is 0 Å². The SMILES string of the molecule is O=S([O-])O.O=S([O-])O.O=S([O-])O.O=S([O-])O.[Mg+2]. The monoisotopic (exact) mass is 348 g/mol. The molecule has 4 atom stereocenters. The van der Waals surface area contributed by atoms with Crippen LogP contribution in [-0.4, -0.2) is 76.3 Å². The molecule has 0 amide bonds. The van der Waals surface area contributed by atoms with Crippen LogP contribution >= 0.6 is 0 Å². The Hall–Kier alpha value is 1.05.